The van der Waals surface area contributed by atoms with Gasteiger partial charge in [-0.15, -0.1) is 11.6 Å². The van der Waals surface area contributed by atoms with Crippen molar-refractivity contribution < 1.29 is 12.9 Å². The number of alkyl halides is 1. The fourth-order valence-electron chi connectivity index (χ4n) is 2.63. The van der Waals surface area contributed by atoms with Gasteiger partial charge in [-0.2, -0.15) is 9.71 Å². The molecule has 0 aliphatic rings. The van der Waals surface area contributed by atoms with E-state index >= 15 is 0 Å². The van der Waals surface area contributed by atoms with Crippen LogP contribution in [0.4, 0.5) is 0 Å². The summed E-state index contributed by atoms with van der Waals surface area (Å²) in [5.41, 5.74) is 1.67. The number of nitrogens with one attached hydrogen (secondary N) is 1. The third-order valence-electron chi connectivity index (χ3n) is 4.19. The molecule has 2 heterocycles. The van der Waals surface area contributed by atoms with E-state index in [0.29, 0.717) is 23.7 Å². The van der Waals surface area contributed by atoms with Gasteiger partial charge < -0.3 is 4.52 Å². The fraction of sp³-hybridized carbons (Fsp3) is 0.316. The van der Waals surface area contributed by atoms with Crippen molar-refractivity contribution in [1.82, 2.24) is 19.8 Å². The molecular formula is C19H21ClN4O3S. The van der Waals surface area contributed by atoms with Crippen molar-refractivity contribution in [2.24, 2.45) is 5.92 Å². The first-order valence-electron chi connectivity index (χ1n) is 8.82. The van der Waals surface area contributed by atoms with Gasteiger partial charge in [-0.1, -0.05) is 31.1 Å². The molecule has 1 aromatic carbocycles. The molecule has 0 bridgehead atoms. The van der Waals surface area contributed by atoms with Crippen LogP contribution in [0, 0.1) is 5.92 Å². The average Bonchev–Trinajstić information content (AvgIpc) is 3.17. The summed E-state index contributed by atoms with van der Waals surface area (Å²) in [6.07, 6.45) is 3.95. The Hall–Kier alpha value is -2.29. The smallest absolute Gasteiger partial charge is 0.245 e. The Morgan fingerprint density at radius 3 is 2.54 bits per heavy atom. The van der Waals surface area contributed by atoms with Crippen LogP contribution in [0.5, 0.6) is 0 Å². The second-order valence-electron chi connectivity index (χ2n) is 6.62. The molecule has 0 fully saturated rings. The number of benzene rings is 1. The number of rotatable bonds is 8. The molecule has 148 valence electrons. The summed E-state index contributed by atoms with van der Waals surface area (Å²) < 4.78 is 33.7. The molecule has 0 aliphatic heterocycles. The number of hydrogen-bond acceptors (Lipinski definition) is 6. The highest BCUT2D eigenvalue weighted by molar-refractivity contribution is 7.89. The van der Waals surface area contributed by atoms with Gasteiger partial charge in [0.25, 0.3) is 0 Å². The standard InChI is InChI=1S/C19H21ClN4O3S/c1-13(2)17(19-22-18(23-27-19)15-4-3-11-21-12-15)24-28(25,26)16-7-5-14(6-8-16)9-10-20/h3-8,11-13,17,24H,9-10H2,1-2H3/t17-/m0/s1. The summed E-state index contributed by atoms with van der Waals surface area (Å²) in [5, 5.41) is 3.95. The highest BCUT2D eigenvalue weighted by Gasteiger charge is 2.28. The molecule has 0 spiro atoms. The van der Waals surface area contributed by atoms with Crippen molar-refractivity contribution in [3.8, 4) is 11.4 Å². The lowest BCUT2D eigenvalue weighted by Crippen LogP contribution is -2.32. The predicted molar refractivity (Wildman–Crippen MR) is 106 cm³/mol. The van der Waals surface area contributed by atoms with Gasteiger partial charge in [-0.25, -0.2) is 8.42 Å². The van der Waals surface area contributed by atoms with Gasteiger partial charge in [0, 0.05) is 23.8 Å². The van der Waals surface area contributed by atoms with Gasteiger partial charge in [0.15, 0.2) is 0 Å². The van der Waals surface area contributed by atoms with E-state index in [1.807, 2.05) is 13.8 Å². The number of nitrogens with zero attached hydrogens (tertiary/aromatic N) is 3. The summed E-state index contributed by atoms with van der Waals surface area (Å²) in [6, 6.07) is 9.56. The van der Waals surface area contributed by atoms with Gasteiger partial charge >= 0.3 is 0 Å². The van der Waals surface area contributed by atoms with Crippen molar-refractivity contribution in [3.05, 3.63) is 60.2 Å². The zero-order valence-electron chi connectivity index (χ0n) is 15.5. The van der Waals surface area contributed by atoms with Crippen LogP contribution in [-0.2, 0) is 16.4 Å². The van der Waals surface area contributed by atoms with E-state index in [-0.39, 0.29) is 16.7 Å². The second kappa shape index (κ2) is 8.81. The van der Waals surface area contributed by atoms with Crippen LogP contribution in [-0.4, -0.2) is 29.4 Å². The molecule has 1 N–H and O–H groups in total. The lowest BCUT2D eigenvalue weighted by molar-refractivity contribution is 0.311. The van der Waals surface area contributed by atoms with E-state index < -0.39 is 16.1 Å². The summed E-state index contributed by atoms with van der Waals surface area (Å²) >= 11 is 5.73. The molecule has 0 unspecified atom stereocenters. The first-order chi connectivity index (χ1) is 13.4. The number of aryl methyl sites for hydroxylation is 1. The Morgan fingerprint density at radius 2 is 1.93 bits per heavy atom. The Morgan fingerprint density at radius 1 is 1.18 bits per heavy atom. The van der Waals surface area contributed by atoms with Crippen LogP contribution in [0.3, 0.4) is 0 Å². The Bertz CT molecular complexity index is 1010. The maximum absolute atomic E-state index is 12.8. The van der Waals surface area contributed by atoms with Crippen LogP contribution in [0.1, 0.15) is 31.3 Å². The molecule has 0 saturated carbocycles. The molecule has 0 aliphatic carbocycles. The summed E-state index contributed by atoms with van der Waals surface area (Å²) in [4.78, 5) is 8.56. The summed E-state index contributed by atoms with van der Waals surface area (Å²) in [5.74, 6) is 0.943. The molecule has 0 saturated heterocycles. The SMILES string of the molecule is CC(C)[C@H](NS(=O)(=O)c1ccc(CCCl)cc1)c1nc(-c2cccnc2)no1. The first kappa shape index (κ1) is 20.4. The molecule has 9 heteroatoms. The molecule has 3 rings (SSSR count). The molecule has 1 atom stereocenters. The van der Waals surface area contributed by atoms with Crippen molar-refractivity contribution >= 4 is 21.6 Å². The number of aromatic nitrogens is 3. The fourth-order valence-corrected chi connectivity index (χ4v) is 4.18. The maximum Gasteiger partial charge on any atom is 0.245 e. The average molecular weight is 421 g/mol. The maximum atomic E-state index is 12.8. The number of pyridine rings is 1. The van der Waals surface area contributed by atoms with Crippen molar-refractivity contribution in [3.63, 3.8) is 0 Å². The van der Waals surface area contributed by atoms with Crippen LogP contribution in [0.15, 0.2) is 58.2 Å². The minimum Gasteiger partial charge on any atom is -0.337 e. The zero-order chi connectivity index (χ0) is 20.1. The molecule has 7 nitrogen and oxygen atoms in total. The molecule has 2 aromatic heterocycles. The lowest BCUT2D eigenvalue weighted by atomic mass is 10.1. The molecule has 3 aromatic rings. The third-order valence-corrected chi connectivity index (χ3v) is 5.84. The van der Waals surface area contributed by atoms with Crippen molar-refractivity contribution in [1.29, 1.82) is 0 Å². The minimum absolute atomic E-state index is 0.104. The Balaban J connectivity index is 1.84. The highest BCUT2D eigenvalue weighted by atomic mass is 35.5. The lowest BCUT2D eigenvalue weighted by Gasteiger charge is -2.18. The Labute approximate surface area is 169 Å². The normalized spacial score (nSPS) is 13.0. The van der Waals surface area contributed by atoms with Gasteiger partial charge in [-0.3, -0.25) is 4.98 Å². The Kier molecular flexibility index (Phi) is 6.43. The summed E-state index contributed by atoms with van der Waals surface area (Å²) in [6.45, 7) is 3.76. The number of halogens is 1. The van der Waals surface area contributed by atoms with Crippen molar-refractivity contribution in [2.45, 2.75) is 31.2 Å². The van der Waals surface area contributed by atoms with Gasteiger partial charge in [0.05, 0.1) is 4.90 Å². The van der Waals surface area contributed by atoms with Gasteiger partial charge in [-0.05, 0) is 42.2 Å². The van der Waals surface area contributed by atoms with Crippen LogP contribution < -0.4 is 4.72 Å². The minimum atomic E-state index is -3.76. The van der Waals surface area contributed by atoms with E-state index in [1.165, 1.54) is 0 Å². The van der Waals surface area contributed by atoms with E-state index in [9.17, 15) is 8.42 Å². The van der Waals surface area contributed by atoms with E-state index in [0.717, 1.165) is 5.56 Å². The number of sulfonamides is 1. The van der Waals surface area contributed by atoms with Gasteiger partial charge in [0.1, 0.15) is 6.04 Å². The van der Waals surface area contributed by atoms with Crippen molar-refractivity contribution in [2.75, 3.05) is 5.88 Å². The molecule has 0 radical (unpaired) electrons. The second-order valence-corrected chi connectivity index (χ2v) is 8.72. The molecule has 0 amide bonds. The van der Waals surface area contributed by atoms with E-state index in [1.54, 1.807) is 48.8 Å². The van der Waals surface area contributed by atoms with Crippen LogP contribution >= 0.6 is 11.6 Å². The largest absolute Gasteiger partial charge is 0.337 e. The molecular weight excluding hydrogens is 400 g/mol. The van der Waals surface area contributed by atoms with Crippen LogP contribution in [0.25, 0.3) is 11.4 Å². The predicted octanol–water partition coefficient (Wildman–Crippen LogP) is 3.59. The highest BCUT2D eigenvalue weighted by Crippen LogP contribution is 2.25. The topological polar surface area (TPSA) is 98.0 Å². The zero-order valence-corrected chi connectivity index (χ0v) is 17.1. The quantitative estimate of drug-likeness (QED) is 0.559. The summed E-state index contributed by atoms with van der Waals surface area (Å²) in [7, 11) is -3.76. The van der Waals surface area contributed by atoms with Gasteiger partial charge in [0.2, 0.25) is 21.7 Å². The third kappa shape index (κ3) is 4.76. The van der Waals surface area contributed by atoms with Crippen LogP contribution in [0.2, 0.25) is 0 Å². The van der Waals surface area contributed by atoms with E-state index in [4.69, 9.17) is 16.1 Å². The molecule has 28 heavy (non-hydrogen) atoms. The monoisotopic (exact) mass is 420 g/mol. The number of hydrogen-bond donors (Lipinski definition) is 1. The first-order valence-corrected chi connectivity index (χ1v) is 10.8. The van der Waals surface area contributed by atoms with E-state index in [2.05, 4.69) is 19.8 Å².